The third-order valence-electron chi connectivity index (χ3n) is 10.1. The van der Waals surface area contributed by atoms with Crippen LogP contribution in [0, 0.1) is 5.92 Å². The van der Waals surface area contributed by atoms with Gasteiger partial charge in [-0.1, -0.05) is 150 Å². The quantitative estimate of drug-likeness (QED) is 0.0522. The summed E-state index contributed by atoms with van der Waals surface area (Å²) in [4.78, 5) is 2.78. The molecule has 4 heteroatoms. The number of nitrogens with one attached hydrogen (secondary N) is 1. The van der Waals surface area contributed by atoms with E-state index in [1.54, 1.807) is 0 Å². The van der Waals surface area contributed by atoms with Crippen molar-refractivity contribution < 1.29 is 9.47 Å². The Bertz CT molecular complexity index is 609. The fraction of sp³-hybridized carbons (Fsp3) is 0.953. The summed E-state index contributed by atoms with van der Waals surface area (Å²) in [5.41, 5.74) is 0. The summed E-state index contributed by atoms with van der Waals surface area (Å²) in [6, 6.07) is 0.672. The smallest absolute Gasteiger partial charge is 0.0888 e. The first-order valence-corrected chi connectivity index (χ1v) is 21.3. The number of unbranched alkanes of at least 4 members (excludes halogenated alkanes) is 19. The highest BCUT2D eigenvalue weighted by Crippen LogP contribution is 2.15. The van der Waals surface area contributed by atoms with Crippen LogP contribution in [-0.2, 0) is 9.47 Å². The van der Waals surface area contributed by atoms with Crippen LogP contribution in [0.3, 0.4) is 0 Å². The van der Waals surface area contributed by atoms with E-state index >= 15 is 0 Å². The maximum Gasteiger partial charge on any atom is 0.0888 e. The zero-order valence-electron chi connectivity index (χ0n) is 33.2. The first-order valence-electron chi connectivity index (χ1n) is 21.3. The molecule has 0 spiro atoms. The Morgan fingerprint density at radius 2 is 1.06 bits per heavy atom. The first-order chi connectivity index (χ1) is 23.1. The van der Waals surface area contributed by atoms with Crippen molar-refractivity contribution in [3.8, 4) is 0 Å². The lowest BCUT2D eigenvalue weighted by atomic mass is 10.0. The van der Waals surface area contributed by atoms with Crippen molar-refractivity contribution in [3.05, 3.63) is 12.3 Å². The van der Waals surface area contributed by atoms with Crippen LogP contribution in [0.1, 0.15) is 207 Å². The zero-order valence-corrected chi connectivity index (χ0v) is 33.2. The fourth-order valence-electron chi connectivity index (χ4n) is 6.70. The Labute approximate surface area is 297 Å². The van der Waals surface area contributed by atoms with Crippen molar-refractivity contribution in [1.29, 1.82) is 0 Å². The van der Waals surface area contributed by atoms with Crippen molar-refractivity contribution in [1.82, 2.24) is 10.2 Å². The molecule has 0 aromatic heterocycles. The van der Waals surface area contributed by atoms with E-state index in [1.807, 2.05) is 0 Å². The maximum atomic E-state index is 5.98. The lowest BCUT2D eigenvalue weighted by molar-refractivity contribution is 0.0976. The van der Waals surface area contributed by atoms with E-state index in [1.165, 1.54) is 193 Å². The molecule has 282 valence electrons. The monoisotopic (exact) mass is 665 g/mol. The number of ether oxygens (including phenoxy) is 2. The minimum Gasteiger partial charge on any atom is -0.499 e. The summed E-state index contributed by atoms with van der Waals surface area (Å²) in [5, 5.41) is 3.49. The van der Waals surface area contributed by atoms with E-state index in [-0.39, 0.29) is 0 Å². The molecule has 2 unspecified atom stereocenters. The van der Waals surface area contributed by atoms with Crippen LogP contribution < -0.4 is 5.32 Å². The van der Waals surface area contributed by atoms with E-state index in [0.717, 1.165) is 32.0 Å². The Morgan fingerprint density at radius 3 is 1.64 bits per heavy atom. The van der Waals surface area contributed by atoms with Crippen LogP contribution >= 0.6 is 0 Å². The molecule has 0 saturated heterocycles. The molecule has 47 heavy (non-hydrogen) atoms. The van der Waals surface area contributed by atoms with Gasteiger partial charge in [0, 0.05) is 25.7 Å². The lowest BCUT2D eigenvalue weighted by Crippen LogP contribution is -2.30. The standard InChI is InChI=1S/C43H88N2O2/c1-7-10-12-14-16-23-29-38-46-40-41(4)32-25-19-18-21-27-35-45(37-31-34-43(9-3)44-6)36-28-22-20-26-33-42(5)47-39-30-24-17-15-13-11-8-2/h41,43-44H,5,7-40H2,1-4,6H3. The number of hydrogen-bond donors (Lipinski definition) is 1. The molecule has 4 nitrogen and oxygen atoms in total. The van der Waals surface area contributed by atoms with Gasteiger partial charge in [-0.05, 0) is 90.4 Å². The summed E-state index contributed by atoms with van der Waals surface area (Å²) in [5.74, 6) is 1.72. The molecule has 1 N–H and O–H groups in total. The largest absolute Gasteiger partial charge is 0.499 e. The summed E-state index contributed by atoms with van der Waals surface area (Å²) in [7, 11) is 2.12. The molecule has 2 atom stereocenters. The van der Waals surface area contributed by atoms with Crippen LogP contribution in [0.5, 0.6) is 0 Å². The second-order valence-corrected chi connectivity index (χ2v) is 14.9. The van der Waals surface area contributed by atoms with Crippen LogP contribution in [-0.4, -0.2) is 57.4 Å². The van der Waals surface area contributed by atoms with Crippen molar-refractivity contribution >= 4 is 0 Å². The SMILES string of the molecule is C=C(CCCCCCN(CCCCCCCC(C)COCCCCCCCCC)CCCC(CC)NC)OCCCCCCCCC. The normalized spacial score (nSPS) is 13.0. The Balaban J connectivity index is 3.95. The maximum absolute atomic E-state index is 5.98. The molecule has 0 amide bonds. The van der Waals surface area contributed by atoms with E-state index in [0.29, 0.717) is 12.0 Å². The van der Waals surface area contributed by atoms with E-state index in [2.05, 4.69) is 51.5 Å². The molecule has 0 aromatic rings. The van der Waals surface area contributed by atoms with Crippen LogP contribution in [0.4, 0.5) is 0 Å². The average molecular weight is 665 g/mol. The molecule has 0 aromatic carbocycles. The van der Waals surface area contributed by atoms with Crippen LogP contribution in [0.2, 0.25) is 0 Å². The van der Waals surface area contributed by atoms with Gasteiger partial charge in [0.25, 0.3) is 0 Å². The van der Waals surface area contributed by atoms with Gasteiger partial charge >= 0.3 is 0 Å². The van der Waals surface area contributed by atoms with Crippen LogP contribution in [0.15, 0.2) is 12.3 Å². The molecular formula is C43H88N2O2. The Kier molecular flexibility index (Phi) is 37.8. The van der Waals surface area contributed by atoms with Gasteiger partial charge in [-0.3, -0.25) is 0 Å². The molecule has 0 aliphatic carbocycles. The number of nitrogens with zero attached hydrogens (tertiary/aromatic N) is 1. The molecule has 0 bridgehead atoms. The molecule has 0 heterocycles. The third kappa shape index (κ3) is 35.1. The molecule has 0 aliphatic rings. The molecule has 0 saturated carbocycles. The highest BCUT2D eigenvalue weighted by atomic mass is 16.5. The van der Waals surface area contributed by atoms with Crippen molar-refractivity contribution in [2.45, 2.75) is 214 Å². The van der Waals surface area contributed by atoms with Gasteiger partial charge in [0.15, 0.2) is 0 Å². The molecular weight excluding hydrogens is 576 g/mol. The average Bonchev–Trinajstić information content (AvgIpc) is 3.07. The molecule has 0 aliphatic heterocycles. The topological polar surface area (TPSA) is 33.7 Å². The second kappa shape index (κ2) is 38.2. The predicted molar refractivity (Wildman–Crippen MR) is 211 cm³/mol. The van der Waals surface area contributed by atoms with E-state index in [9.17, 15) is 0 Å². The summed E-state index contributed by atoms with van der Waals surface area (Å²) >= 11 is 0. The molecule has 0 fully saturated rings. The summed E-state index contributed by atoms with van der Waals surface area (Å²) in [6.45, 7) is 20.0. The van der Waals surface area contributed by atoms with E-state index < -0.39 is 0 Å². The van der Waals surface area contributed by atoms with Gasteiger partial charge in [0.2, 0.25) is 0 Å². The molecule has 0 rings (SSSR count). The highest BCUT2D eigenvalue weighted by Gasteiger charge is 2.08. The minimum absolute atomic E-state index is 0.672. The van der Waals surface area contributed by atoms with Crippen molar-refractivity contribution in [2.24, 2.45) is 5.92 Å². The minimum atomic E-state index is 0.672. The van der Waals surface area contributed by atoms with Gasteiger partial charge in [0.1, 0.15) is 0 Å². The fourth-order valence-corrected chi connectivity index (χ4v) is 6.70. The number of rotatable bonds is 40. The van der Waals surface area contributed by atoms with E-state index in [4.69, 9.17) is 9.47 Å². The summed E-state index contributed by atoms with van der Waals surface area (Å²) < 4.78 is 11.9. The second-order valence-electron chi connectivity index (χ2n) is 14.9. The molecule has 0 radical (unpaired) electrons. The Morgan fingerprint density at radius 1 is 0.574 bits per heavy atom. The van der Waals surface area contributed by atoms with Gasteiger partial charge in [0.05, 0.1) is 12.4 Å². The number of allylic oxidation sites excluding steroid dienone is 1. The Hall–Kier alpha value is -0.580. The van der Waals surface area contributed by atoms with Crippen molar-refractivity contribution in [3.63, 3.8) is 0 Å². The van der Waals surface area contributed by atoms with Gasteiger partial charge < -0.3 is 19.7 Å². The highest BCUT2D eigenvalue weighted by molar-refractivity contribution is 4.81. The number of hydrogen-bond acceptors (Lipinski definition) is 4. The predicted octanol–water partition coefficient (Wildman–Crippen LogP) is 13.0. The van der Waals surface area contributed by atoms with Crippen LogP contribution in [0.25, 0.3) is 0 Å². The third-order valence-corrected chi connectivity index (χ3v) is 10.1. The lowest BCUT2D eigenvalue weighted by Gasteiger charge is -2.23. The zero-order chi connectivity index (χ0) is 34.5. The van der Waals surface area contributed by atoms with Gasteiger partial charge in [-0.25, -0.2) is 0 Å². The summed E-state index contributed by atoms with van der Waals surface area (Å²) in [6.07, 6.45) is 37.1. The van der Waals surface area contributed by atoms with Gasteiger partial charge in [-0.2, -0.15) is 0 Å². The van der Waals surface area contributed by atoms with Crippen molar-refractivity contribution in [2.75, 3.05) is 46.5 Å². The first kappa shape index (κ1) is 46.4. The van der Waals surface area contributed by atoms with Gasteiger partial charge in [-0.15, -0.1) is 0 Å².